The molecule has 1 saturated heterocycles. The molecule has 2 amide bonds. The molecule has 0 spiro atoms. The molecule has 1 aliphatic carbocycles. The van der Waals surface area contributed by atoms with Crippen molar-refractivity contribution in [3.63, 3.8) is 0 Å². The number of amides is 2. The predicted molar refractivity (Wildman–Crippen MR) is 130 cm³/mol. The van der Waals surface area contributed by atoms with E-state index in [2.05, 4.69) is 62.2 Å². The van der Waals surface area contributed by atoms with E-state index in [1.165, 1.54) is 18.4 Å². The maximum absolute atomic E-state index is 13.4. The van der Waals surface area contributed by atoms with Gasteiger partial charge in [0.1, 0.15) is 0 Å². The summed E-state index contributed by atoms with van der Waals surface area (Å²) < 4.78 is 0. The molecule has 178 valence electrons. The van der Waals surface area contributed by atoms with E-state index in [1.54, 1.807) is 0 Å². The van der Waals surface area contributed by atoms with Crippen molar-refractivity contribution in [2.45, 2.75) is 84.7 Å². The van der Waals surface area contributed by atoms with Crippen molar-refractivity contribution in [1.29, 1.82) is 0 Å². The molecule has 5 nitrogen and oxygen atoms in total. The molecule has 2 atom stereocenters. The molecule has 0 aromatic heterocycles. The Bertz CT molecular complexity index is 729. The largest absolute Gasteiger partial charge is 0.352 e. The number of nitrogens with one attached hydrogen (secondary N) is 1. The number of nitrogens with zero attached hydrogens (tertiary/aromatic N) is 2. The van der Waals surface area contributed by atoms with Gasteiger partial charge in [0.15, 0.2) is 0 Å². The number of aryl methyl sites for hydroxylation is 1. The molecule has 5 heteroatoms. The molecule has 2 unspecified atom stereocenters. The van der Waals surface area contributed by atoms with E-state index < -0.39 is 0 Å². The minimum atomic E-state index is -0.0588. The van der Waals surface area contributed by atoms with Crippen LogP contribution in [0.2, 0.25) is 0 Å². The number of carbonyl (C=O) groups excluding carboxylic acids is 2. The van der Waals surface area contributed by atoms with Gasteiger partial charge in [-0.15, -0.1) is 0 Å². The molecule has 0 bridgehead atoms. The number of rotatable bonds is 8. The number of hydrogen-bond donors (Lipinski definition) is 1. The van der Waals surface area contributed by atoms with Gasteiger partial charge in [-0.2, -0.15) is 0 Å². The Labute approximate surface area is 194 Å². The Balaban J connectivity index is 1.55. The van der Waals surface area contributed by atoms with Crippen LogP contribution in [-0.4, -0.2) is 59.9 Å². The number of hydrogen-bond acceptors (Lipinski definition) is 3. The van der Waals surface area contributed by atoms with Crippen molar-refractivity contribution >= 4 is 11.8 Å². The van der Waals surface area contributed by atoms with E-state index in [1.807, 2.05) is 11.0 Å². The molecule has 32 heavy (non-hydrogen) atoms. The van der Waals surface area contributed by atoms with Crippen LogP contribution >= 0.6 is 0 Å². The first-order chi connectivity index (χ1) is 15.2. The average molecular weight is 442 g/mol. The quantitative estimate of drug-likeness (QED) is 0.656. The first kappa shape index (κ1) is 24.8. The summed E-state index contributed by atoms with van der Waals surface area (Å²) in [6, 6.07) is 10.6. The Morgan fingerprint density at radius 3 is 2.25 bits per heavy atom. The van der Waals surface area contributed by atoms with Crippen LogP contribution in [-0.2, 0) is 16.0 Å². The van der Waals surface area contributed by atoms with Gasteiger partial charge in [0.2, 0.25) is 11.8 Å². The summed E-state index contributed by atoms with van der Waals surface area (Å²) >= 11 is 0. The van der Waals surface area contributed by atoms with Crippen LogP contribution in [0.15, 0.2) is 30.3 Å². The average Bonchev–Trinajstić information content (AvgIpc) is 3.26. The number of benzene rings is 1. The SMILES string of the molecule is CC(CCc1ccccc1)NC(=O)C(C1CCCC1)N1CCN(C(=O)CC(C)(C)C)CC1. The molecular formula is C27H43N3O2. The van der Waals surface area contributed by atoms with Gasteiger partial charge in [-0.1, -0.05) is 63.9 Å². The van der Waals surface area contributed by atoms with Crippen LogP contribution in [0, 0.1) is 11.3 Å². The Kier molecular flexibility index (Phi) is 8.75. The second kappa shape index (κ2) is 11.3. The lowest BCUT2D eigenvalue weighted by Gasteiger charge is -2.41. The van der Waals surface area contributed by atoms with Gasteiger partial charge in [-0.05, 0) is 49.5 Å². The van der Waals surface area contributed by atoms with Crippen molar-refractivity contribution in [1.82, 2.24) is 15.1 Å². The zero-order valence-electron chi connectivity index (χ0n) is 20.6. The molecule has 3 rings (SSSR count). The molecule has 1 saturated carbocycles. The van der Waals surface area contributed by atoms with E-state index in [9.17, 15) is 9.59 Å². The molecule has 2 aliphatic rings. The smallest absolute Gasteiger partial charge is 0.237 e. The summed E-state index contributed by atoms with van der Waals surface area (Å²) in [4.78, 5) is 30.4. The van der Waals surface area contributed by atoms with Gasteiger partial charge < -0.3 is 10.2 Å². The Morgan fingerprint density at radius 1 is 1.03 bits per heavy atom. The van der Waals surface area contributed by atoms with Gasteiger partial charge in [0, 0.05) is 38.6 Å². The van der Waals surface area contributed by atoms with E-state index in [4.69, 9.17) is 0 Å². The molecule has 2 fully saturated rings. The zero-order valence-corrected chi connectivity index (χ0v) is 20.6. The second-order valence-electron chi connectivity index (χ2n) is 11.1. The summed E-state index contributed by atoms with van der Waals surface area (Å²) in [6.45, 7) is 11.5. The fourth-order valence-corrected chi connectivity index (χ4v) is 5.19. The van der Waals surface area contributed by atoms with E-state index in [-0.39, 0.29) is 29.3 Å². The third-order valence-corrected chi connectivity index (χ3v) is 6.95. The fourth-order valence-electron chi connectivity index (χ4n) is 5.19. The van der Waals surface area contributed by atoms with Gasteiger partial charge in [0.25, 0.3) is 0 Å². The van der Waals surface area contributed by atoms with Crippen molar-refractivity contribution in [2.75, 3.05) is 26.2 Å². The normalized spacial score (nSPS) is 20.2. The third-order valence-electron chi connectivity index (χ3n) is 6.95. The summed E-state index contributed by atoms with van der Waals surface area (Å²) in [5, 5.41) is 3.33. The zero-order chi connectivity index (χ0) is 23.1. The first-order valence-electron chi connectivity index (χ1n) is 12.6. The van der Waals surface area contributed by atoms with Crippen LogP contribution in [0.3, 0.4) is 0 Å². The minimum Gasteiger partial charge on any atom is -0.352 e. The molecule has 1 aliphatic heterocycles. The topological polar surface area (TPSA) is 52.7 Å². The Hall–Kier alpha value is -1.88. The highest BCUT2D eigenvalue weighted by Crippen LogP contribution is 2.31. The second-order valence-corrected chi connectivity index (χ2v) is 11.1. The summed E-state index contributed by atoms with van der Waals surface area (Å²) in [5.74, 6) is 0.869. The van der Waals surface area contributed by atoms with E-state index in [0.29, 0.717) is 12.3 Å². The van der Waals surface area contributed by atoms with E-state index in [0.717, 1.165) is 51.9 Å². The molecule has 1 aromatic carbocycles. The first-order valence-corrected chi connectivity index (χ1v) is 12.6. The lowest BCUT2D eigenvalue weighted by atomic mass is 9.91. The minimum absolute atomic E-state index is 0.0103. The lowest BCUT2D eigenvalue weighted by molar-refractivity contribution is -0.137. The highest BCUT2D eigenvalue weighted by molar-refractivity contribution is 5.82. The Morgan fingerprint density at radius 2 is 1.66 bits per heavy atom. The van der Waals surface area contributed by atoms with Crippen LogP contribution in [0.25, 0.3) is 0 Å². The van der Waals surface area contributed by atoms with Crippen LogP contribution in [0.4, 0.5) is 0 Å². The van der Waals surface area contributed by atoms with Crippen molar-refractivity contribution in [3.05, 3.63) is 35.9 Å². The van der Waals surface area contributed by atoms with Crippen LogP contribution in [0.5, 0.6) is 0 Å². The summed E-state index contributed by atoms with van der Waals surface area (Å²) in [6.07, 6.45) is 7.23. The van der Waals surface area contributed by atoms with Gasteiger partial charge in [0.05, 0.1) is 6.04 Å². The molecule has 0 radical (unpaired) electrons. The van der Waals surface area contributed by atoms with E-state index >= 15 is 0 Å². The van der Waals surface area contributed by atoms with Crippen molar-refractivity contribution < 1.29 is 9.59 Å². The molecule has 1 aromatic rings. The van der Waals surface area contributed by atoms with Crippen LogP contribution < -0.4 is 5.32 Å². The van der Waals surface area contributed by atoms with Crippen molar-refractivity contribution in [2.24, 2.45) is 11.3 Å². The predicted octanol–water partition coefficient (Wildman–Crippen LogP) is 4.26. The van der Waals surface area contributed by atoms with Gasteiger partial charge in [-0.3, -0.25) is 14.5 Å². The van der Waals surface area contributed by atoms with Gasteiger partial charge >= 0.3 is 0 Å². The molecule has 1 N–H and O–H groups in total. The number of piperazine rings is 1. The fraction of sp³-hybridized carbons (Fsp3) is 0.704. The standard InChI is InChI=1S/C27H43N3O2/c1-21(14-15-22-10-6-5-7-11-22)28-26(32)25(23-12-8-9-13-23)30-18-16-29(17-19-30)24(31)20-27(2,3)4/h5-7,10-11,21,23,25H,8-9,12-20H2,1-4H3,(H,28,32). The lowest BCUT2D eigenvalue weighted by Crippen LogP contribution is -2.58. The summed E-state index contributed by atoms with van der Waals surface area (Å²) in [7, 11) is 0. The van der Waals surface area contributed by atoms with Gasteiger partial charge in [-0.25, -0.2) is 0 Å². The highest BCUT2D eigenvalue weighted by atomic mass is 16.2. The summed E-state index contributed by atoms with van der Waals surface area (Å²) in [5.41, 5.74) is 1.33. The maximum atomic E-state index is 13.4. The third kappa shape index (κ3) is 7.33. The monoisotopic (exact) mass is 441 g/mol. The van der Waals surface area contributed by atoms with Crippen LogP contribution in [0.1, 0.15) is 71.8 Å². The molecular weight excluding hydrogens is 398 g/mol. The van der Waals surface area contributed by atoms with Crippen molar-refractivity contribution in [3.8, 4) is 0 Å². The molecule has 1 heterocycles. The number of carbonyl (C=O) groups is 2. The highest BCUT2D eigenvalue weighted by Gasteiger charge is 2.37. The maximum Gasteiger partial charge on any atom is 0.237 e.